The van der Waals surface area contributed by atoms with E-state index < -0.39 is 7.32 Å². The second-order valence-electron chi connectivity index (χ2n) is 7.63. The summed E-state index contributed by atoms with van der Waals surface area (Å²) in [7, 11) is 7.05. The van der Waals surface area contributed by atoms with Gasteiger partial charge in [0, 0.05) is 23.1 Å². The standard InChI is InChI=1S/C21H29BCl2N2O3/c1-15-7-9-17(11-20(15)23)27-22(28-18-10-8-16(2)21(24)12-18)29-19(13-25(3)4)14-26(5)6/h7-12,19H,13-14H2,1-6H3. The molecule has 0 unspecified atom stereocenters. The van der Waals surface area contributed by atoms with E-state index in [1.807, 2.05) is 66.3 Å². The second-order valence-corrected chi connectivity index (χ2v) is 8.44. The number of rotatable bonds is 10. The molecule has 0 saturated heterocycles. The molecule has 0 bridgehead atoms. The Morgan fingerprint density at radius 2 is 1.21 bits per heavy atom. The summed E-state index contributed by atoms with van der Waals surface area (Å²) in [6, 6.07) is 11.0. The Morgan fingerprint density at radius 1 is 0.793 bits per heavy atom. The Labute approximate surface area is 184 Å². The zero-order valence-corrected chi connectivity index (χ0v) is 19.4. The van der Waals surface area contributed by atoms with Crippen LogP contribution in [0.25, 0.3) is 0 Å². The van der Waals surface area contributed by atoms with E-state index in [-0.39, 0.29) is 6.10 Å². The maximum atomic E-state index is 6.25. The van der Waals surface area contributed by atoms with E-state index in [9.17, 15) is 0 Å². The molecule has 0 aliphatic heterocycles. The first-order valence-electron chi connectivity index (χ1n) is 9.44. The monoisotopic (exact) mass is 438 g/mol. The van der Waals surface area contributed by atoms with Gasteiger partial charge in [0.05, 0.1) is 6.10 Å². The van der Waals surface area contributed by atoms with Gasteiger partial charge in [-0.05, 0) is 77.4 Å². The smallest absolute Gasteiger partial charge is 0.501 e. The Hall–Kier alpha value is -1.44. The molecule has 0 spiro atoms. The van der Waals surface area contributed by atoms with Crippen LogP contribution in [0.4, 0.5) is 0 Å². The summed E-state index contributed by atoms with van der Waals surface area (Å²) in [5, 5.41) is 1.25. The Kier molecular flexibility index (Phi) is 9.12. The number of benzene rings is 2. The van der Waals surface area contributed by atoms with Crippen molar-refractivity contribution in [2.24, 2.45) is 0 Å². The molecule has 8 heteroatoms. The van der Waals surface area contributed by atoms with Crippen LogP contribution >= 0.6 is 23.2 Å². The van der Waals surface area contributed by atoms with Crippen LogP contribution in [0, 0.1) is 13.8 Å². The van der Waals surface area contributed by atoms with E-state index in [0.29, 0.717) is 34.6 Å². The van der Waals surface area contributed by atoms with Crippen LogP contribution in [0.1, 0.15) is 11.1 Å². The molecular formula is C21H29BCl2N2O3. The lowest BCUT2D eigenvalue weighted by Gasteiger charge is -2.27. The van der Waals surface area contributed by atoms with E-state index in [2.05, 4.69) is 9.80 Å². The predicted octanol–water partition coefficient (Wildman–Crippen LogP) is 4.56. The first-order chi connectivity index (χ1) is 13.6. The van der Waals surface area contributed by atoms with Gasteiger partial charge in [0.15, 0.2) is 0 Å². The molecule has 0 radical (unpaired) electrons. The van der Waals surface area contributed by atoms with Gasteiger partial charge in [0.25, 0.3) is 0 Å². The quantitative estimate of drug-likeness (QED) is 0.508. The highest BCUT2D eigenvalue weighted by Crippen LogP contribution is 2.25. The van der Waals surface area contributed by atoms with Crippen molar-refractivity contribution in [2.75, 3.05) is 41.3 Å². The number of likely N-dealkylation sites (N-methyl/N-ethyl adjacent to an activating group) is 2. The summed E-state index contributed by atoms with van der Waals surface area (Å²) in [6.45, 7) is 5.31. The van der Waals surface area contributed by atoms with Crippen molar-refractivity contribution in [2.45, 2.75) is 20.0 Å². The van der Waals surface area contributed by atoms with Crippen LogP contribution < -0.4 is 9.31 Å². The Morgan fingerprint density at radius 3 is 1.55 bits per heavy atom. The molecule has 158 valence electrons. The molecule has 2 aromatic rings. The zero-order chi connectivity index (χ0) is 21.6. The van der Waals surface area contributed by atoms with Gasteiger partial charge >= 0.3 is 7.32 Å². The lowest BCUT2D eigenvalue weighted by Crippen LogP contribution is -2.45. The number of nitrogens with zero attached hydrogens (tertiary/aromatic N) is 2. The molecule has 0 fully saturated rings. The van der Waals surface area contributed by atoms with Crippen LogP contribution in [0.5, 0.6) is 11.5 Å². The number of halogens is 2. The van der Waals surface area contributed by atoms with Gasteiger partial charge in [-0.25, -0.2) is 0 Å². The Bertz CT molecular complexity index is 742. The molecule has 0 amide bonds. The summed E-state index contributed by atoms with van der Waals surface area (Å²) in [6.07, 6.45) is -0.133. The molecule has 5 nitrogen and oxygen atoms in total. The van der Waals surface area contributed by atoms with Crippen LogP contribution in [0.2, 0.25) is 10.0 Å². The molecule has 2 rings (SSSR count). The van der Waals surface area contributed by atoms with E-state index in [0.717, 1.165) is 11.1 Å². The SMILES string of the molecule is Cc1ccc(OB(Oc2ccc(C)c(Cl)c2)OC(CN(C)C)CN(C)C)cc1Cl. The highest BCUT2D eigenvalue weighted by atomic mass is 35.5. The van der Waals surface area contributed by atoms with Crippen LogP contribution in [0.3, 0.4) is 0 Å². The Balaban J connectivity index is 2.24. The van der Waals surface area contributed by atoms with Crippen molar-refractivity contribution >= 4 is 30.5 Å². The van der Waals surface area contributed by atoms with Gasteiger partial charge < -0.3 is 23.8 Å². The van der Waals surface area contributed by atoms with Crippen LogP contribution in [0.15, 0.2) is 36.4 Å². The molecule has 0 heterocycles. The third kappa shape index (κ3) is 8.07. The van der Waals surface area contributed by atoms with E-state index in [1.165, 1.54) is 0 Å². The van der Waals surface area contributed by atoms with Gasteiger partial charge in [-0.1, -0.05) is 35.3 Å². The zero-order valence-electron chi connectivity index (χ0n) is 17.9. The molecule has 0 aliphatic carbocycles. The molecule has 2 aromatic carbocycles. The molecule has 0 aliphatic rings. The first kappa shape index (κ1) is 23.8. The number of hydrogen-bond donors (Lipinski definition) is 0. The maximum Gasteiger partial charge on any atom is 0.788 e. The summed E-state index contributed by atoms with van der Waals surface area (Å²) < 4.78 is 18.2. The average molecular weight is 439 g/mol. The third-order valence-corrected chi connectivity index (χ3v) is 5.01. The van der Waals surface area contributed by atoms with Gasteiger partial charge in [0.2, 0.25) is 0 Å². The summed E-state index contributed by atoms with van der Waals surface area (Å²) in [4.78, 5) is 4.13. The third-order valence-electron chi connectivity index (χ3n) is 4.19. The fourth-order valence-electron chi connectivity index (χ4n) is 2.71. The van der Waals surface area contributed by atoms with Crippen molar-refractivity contribution in [3.8, 4) is 11.5 Å². The van der Waals surface area contributed by atoms with Crippen molar-refractivity contribution in [1.82, 2.24) is 9.80 Å². The normalized spacial score (nSPS) is 11.4. The van der Waals surface area contributed by atoms with Gasteiger partial charge in [-0.15, -0.1) is 0 Å². The minimum atomic E-state index is -0.961. The first-order valence-corrected chi connectivity index (χ1v) is 10.2. The van der Waals surface area contributed by atoms with Gasteiger partial charge in [-0.3, -0.25) is 0 Å². The van der Waals surface area contributed by atoms with E-state index in [4.69, 9.17) is 37.2 Å². The van der Waals surface area contributed by atoms with Crippen molar-refractivity contribution in [3.63, 3.8) is 0 Å². The van der Waals surface area contributed by atoms with Gasteiger partial charge in [0.1, 0.15) is 11.5 Å². The second kappa shape index (κ2) is 11.1. The molecule has 0 saturated carbocycles. The molecule has 0 N–H and O–H groups in total. The highest BCUT2D eigenvalue weighted by Gasteiger charge is 2.32. The lowest BCUT2D eigenvalue weighted by atomic mass is 10.1. The fourth-order valence-corrected chi connectivity index (χ4v) is 3.05. The molecule has 0 atom stereocenters. The average Bonchev–Trinajstić information content (AvgIpc) is 2.60. The van der Waals surface area contributed by atoms with E-state index >= 15 is 0 Å². The minimum absolute atomic E-state index is 0.133. The van der Waals surface area contributed by atoms with Crippen LogP contribution in [-0.2, 0) is 4.65 Å². The minimum Gasteiger partial charge on any atom is -0.501 e. The largest absolute Gasteiger partial charge is 0.788 e. The predicted molar refractivity (Wildman–Crippen MR) is 121 cm³/mol. The van der Waals surface area contributed by atoms with Crippen molar-refractivity contribution in [1.29, 1.82) is 0 Å². The van der Waals surface area contributed by atoms with Crippen LogP contribution in [-0.4, -0.2) is 64.5 Å². The highest BCUT2D eigenvalue weighted by molar-refractivity contribution is 6.39. The van der Waals surface area contributed by atoms with Crippen molar-refractivity contribution < 1.29 is 14.0 Å². The summed E-state index contributed by atoms with van der Waals surface area (Å²) >= 11 is 12.5. The topological polar surface area (TPSA) is 34.2 Å². The molecule has 0 aromatic heterocycles. The molecule has 29 heavy (non-hydrogen) atoms. The van der Waals surface area contributed by atoms with Gasteiger partial charge in [-0.2, -0.15) is 0 Å². The maximum absolute atomic E-state index is 6.25. The fraction of sp³-hybridized carbons (Fsp3) is 0.429. The van der Waals surface area contributed by atoms with E-state index in [1.54, 1.807) is 12.1 Å². The lowest BCUT2D eigenvalue weighted by molar-refractivity contribution is 0.0841. The number of hydrogen-bond acceptors (Lipinski definition) is 5. The summed E-state index contributed by atoms with van der Waals surface area (Å²) in [5.41, 5.74) is 1.95. The van der Waals surface area contributed by atoms with Crippen molar-refractivity contribution in [3.05, 3.63) is 57.6 Å². The number of aryl methyl sites for hydroxylation is 2. The molecular weight excluding hydrogens is 410 g/mol. The summed E-state index contributed by atoms with van der Waals surface area (Å²) in [5.74, 6) is 1.13.